The van der Waals surface area contributed by atoms with Crippen molar-refractivity contribution in [2.24, 2.45) is 16.7 Å². The van der Waals surface area contributed by atoms with Crippen LogP contribution in [-0.4, -0.2) is 36.3 Å². The van der Waals surface area contributed by atoms with E-state index in [1.54, 1.807) is 0 Å². The van der Waals surface area contributed by atoms with E-state index >= 15 is 0 Å². The van der Waals surface area contributed by atoms with Gasteiger partial charge in [-0.05, 0) is 30.1 Å². The lowest BCUT2D eigenvalue weighted by molar-refractivity contribution is -0.135. The van der Waals surface area contributed by atoms with Crippen molar-refractivity contribution in [1.82, 2.24) is 10.2 Å². The number of nitrogens with one attached hydrogen (secondary N) is 1. The van der Waals surface area contributed by atoms with Gasteiger partial charge in [0.1, 0.15) is 0 Å². The van der Waals surface area contributed by atoms with Gasteiger partial charge in [0.15, 0.2) is 0 Å². The van der Waals surface area contributed by atoms with Crippen molar-refractivity contribution in [3.05, 3.63) is 0 Å². The maximum absolute atomic E-state index is 12.3. The van der Waals surface area contributed by atoms with Gasteiger partial charge in [-0.25, -0.2) is 0 Å². The minimum Gasteiger partial charge on any atom is -0.356 e. The van der Waals surface area contributed by atoms with E-state index in [9.17, 15) is 9.59 Å². The first-order valence-electron chi connectivity index (χ1n) is 6.97. The zero-order valence-electron chi connectivity index (χ0n) is 11.3. The fraction of sp³-hybridized carbons (Fsp3) is 0.857. The van der Waals surface area contributed by atoms with Crippen LogP contribution in [0.4, 0.5) is 0 Å². The molecule has 2 aliphatic heterocycles. The summed E-state index contributed by atoms with van der Waals surface area (Å²) in [6.45, 7) is 6.81. The number of hydrogen-bond donors (Lipinski definition) is 1. The molecule has 1 N–H and O–H groups in total. The van der Waals surface area contributed by atoms with E-state index in [2.05, 4.69) is 19.2 Å². The number of likely N-dealkylation sites (tertiary alicyclic amines) is 1. The lowest BCUT2D eigenvalue weighted by atomic mass is 9.77. The van der Waals surface area contributed by atoms with E-state index in [4.69, 9.17) is 0 Å². The number of rotatable bonds is 1. The van der Waals surface area contributed by atoms with Crippen LogP contribution in [0.2, 0.25) is 0 Å². The standard InChI is InChI=1S/C14H22N2O2/c1-13(2)7-10(13)12(18)16-5-3-14(4-6-16)8-11(17)15-9-14/h10H,3-9H2,1-2H3,(H,15,17). The molecule has 0 aromatic rings. The molecule has 18 heavy (non-hydrogen) atoms. The molecule has 1 unspecified atom stereocenters. The second-order valence-electron chi connectivity index (χ2n) is 7.02. The second-order valence-corrected chi connectivity index (χ2v) is 7.02. The van der Waals surface area contributed by atoms with Crippen LogP contribution in [0.1, 0.15) is 39.5 Å². The third-order valence-electron chi connectivity index (χ3n) is 5.14. The molecule has 0 bridgehead atoms. The molecule has 2 heterocycles. The van der Waals surface area contributed by atoms with Gasteiger partial charge >= 0.3 is 0 Å². The van der Waals surface area contributed by atoms with Crippen LogP contribution in [-0.2, 0) is 9.59 Å². The predicted molar refractivity (Wildman–Crippen MR) is 67.8 cm³/mol. The average Bonchev–Trinajstić information content (AvgIpc) is 2.81. The Morgan fingerprint density at radius 2 is 1.94 bits per heavy atom. The van der Waals surface area contributed by atoms with Crippen LogP contribution in [0.5, 0.6) is 0 Å². The fourth-order valence-electron chi connectivity index (χ4n) is 3.42. The lowest BCUT2D eigenvalue weighted by Gasteiger charge is -2.38. The van der Waals surface area contributed by atoms with Gasteiger partial charge in [0.2, 0.25) is 11.8 Å². The zero-order chi connectivity index (χ0) is 13.0. The van der Waals surface area contributed by atoms with Gasteiger partial charge in [-0.15, -0.1) is 0 Å². The molecular weight excluding hydrogens is 228 g/mol. The summed E-state index contributed by atoms with van der Waals surface area (Å²) in [7, 11) is 0. The molecule has 2 amide bonds. The molecule has 3 aliphatic rings. The Labute approximate surface area is 108 Å². The van der Waals surface area contributed by atoms with Crippen LogP contribution in [0.15, 0.2) is 0 Å². The first-order valence-corrected chi connectivity index (χ1v) is 6.97. The van der Waals surface area contributed by atoms with Gasteiger partial charge in [-0.1, -0.05) is 13.8 Å². The Morgan fingerprint density at radius 1 is 1.33 bits per heavy atom. The third-order valence-corrected chi connectivity index (χ3v) is 5.14. The van der Waals surface area contributed by atoms with E-state index in [0.29, 0.717) is 12.3 Å². The lowest BCUT2D eigenvalue weighted by Crippen LogP contribution is -2.45. The van der Waals surface area contributed by atoms with E-state index < -0.39 is 0 Å². The number of nitrogens with zero attached hydrogens (tertiary/aromatic N) is 1. The summed E-state index contributed by atoms with van der Waals surface area (Å²) in [4.78, 5) is 25.7. The third kappa shape index (κ3) is 1.91. The average molecular weight is 250 g/mol. The molecule has 0 aromatic heterocycles. The Balaban J connectivity index is 1.57. The Morgan fingerprint density at radius 3 is 2.39 bits per heavy atom. The van der Waals surface area contributed by atoms with Crippen molar-refractivity contribution in [1.29, 1.82) is 0 Å². The molecule has 1 aliphatic carbocycles. The maximum Gasteiger partial charge on any atom is 0.226 e. The van der Waals surface area contributed by atoms with E-state index in [-0.39, 0.29) is 22.7 Å². The largest absolute Gasteiger partial charge is 0.356 e. The number of carbonyl (C=O) groups excluding carboxylic acids is 2. The molecule has 0 radical (unpaired) electrons. The van der Waals surface area contributed by atoms with E-state index in [0.717, 1.165) is 38.9 Å². The molecule has 0 aromatic carbocycles. The summed E-state index contributed by atoms with van der Waals surface area (Å²) < 4.78 is 0. The van der Waals surface area contributed by atoms with Crippen molar-refractivity contribution in [2.75, 3.05) is 19.6 Å². The SMILES string of the molecule is CC1(C)CC1C(=O)N1CCC2(CC1)CNC(=O)C2. The fourth-order valence-corrected chi connectivity index (χ4v) is 3.42. The monoisotopic (exact) mass is 250 g/mol. The van der Waals surface area contributed by atoms with Gasteiger partial charge in [0.05, 0.1) is 0 Å². The highest BCUT2D eigenvalue weighted by atomic mass is 16.2. The highest BCUT2D eigenvalue weighted by Gasteiger charge is 2.53. The van der Waals surface area contributed by atoms with E-state index in [1.165, 1.54) is 0 Å². The van der Waals surface area contributed by atoms with Gasteiger partial charge < -0.3 is 10.2 Å². The van der Waals surface area contributed by atoms with Crippen LogP contribution in [0.3, 0.4) is 0 Å². The summed E-state index contributed by atoms with van der Waals surface area (Å²) >= 11 is 0. The number of carbonyl (C=O) groups is 2. The number of amides is 2. The minimum absolute atomic E-state index is 0.146. The van der Waals surface area contributed by atoms with Crippen molar-refractivity contribution >= 4 is 11.8 Å². The van der Waals surface area contributed by atoms with Crippen LogP contribution >= 0.6 is 0 Å². The van der Waals surface area contributed by atoms with Crippen molar-refractivity contribution < 1.29 is 9.59 Å². The first kappa shape index (κ1) is 12.0. The van der Waals surface area contributed by atoms with Crippen molar-refractivity contribution in [3.63, 3.8) is 0 Å². The molecule has 3 rings (SSSR count). The quantitative estimate of drug-likeness (QED) is 0.759. The van der Waals surface area contributed by atoms with E-state index in [1.807, 2.05) is 4.90 Å². The van der Waals surface area contributed by atoms with Gasteiger partial charge in [-0.2, -0.15) is 0 Å². The summed E-state index contributed by atoms with van der Waals surface area (Å²) in [5, 5.41) is 2.93. The molecule has 1 atom stereocenters. The van der Waals surface area contributed by atoms with Crippen LogP contribution in [0.25, 0.3) is 0 Å². The van der Waals surface area contributed by atoms with Crippen LogP contribution in [0, 0.1) is 16.7 Å². The minimum atomic E-state index is 0.146. The molecule has 1 spiro atoms. The predicted octanol–water partition coefficient (Wildman–Crippen LogP) is 1.16. The summed E-state index contributed by atoms with van der Waals surface area (Å²) in [5.74, 6) is 0.764. The first-order chi connectivity index (χ1) is 8.42. The number of piperidine rings is 1. The summed E-state index contributed by atoms with van der Waals surface area (Å²) in [5.41, 5.74) is 0.365. The van der Waals surface area contributed by atoms with Crippen LogP contribution < -0.4 is 5.32 Å². The molecule has 1 saturated carbocycles. The Hall–Kier alpha value is -1.06. The van der Waals surface area contributed by atoms with Crippen molar-refractivity contribution in [3.8, 4) is 0 Å². The number of hydrogen-bond acceptors (Lipinski definition) is 2. The maximum atomic E-state index is 12.3. The normalized spacial score (nSPS) is 32.4. The van der Waals surface area contributed by atoms with Crippen molar-refractivity contribution in [2.45, 2.75) is 39.5 Å². The molecular formula is C14H22N2O2. The molecule has 2 saturated heterocycles. The van der Waals surface area contributed by atoms with Gasteiger partial charge in [0, 0.05) is 32.0 Å². The summed E-state index contributed by atoms with van der Waals surface area (Å²) in [6.07, 6.45) is 3.65. The second kappa shape index (κ2) is 3.72. The summed E-state index contributed by atoms with van der Waals surface area (Å²) in [6, 6.07) is 0. The van der Waals surface area contributed by atoms with Gasteiger partial charge in [0.25, 0.3) is 0 Å². The highest BCUT2D eigenvalue weighted by molar-refractivity contribution is 5.83. The van der Waals surface area contributed by atoms with Gasteiger partial charge in [-0.3, -0.25) is 9.59 Å². The smallest absolute Gasteiger partial charge is 0.226 e. The molecule has 4 nitrogen and oxygen atoms in total. The molecule has 3 fully saturated rings. The highest BCUT2D eigenvalue weighted by Crippen LogP contribution is 2.53. The Kier molecular flexibility index (Phi) is 2.48. The topological polar surface area (TPSA) is 49.4 Å². The molecule has 100 valence electrons. The zero-order valence-corrected chi connectivity index (χ0v) is 11.3. The molecule has 4 heteroatoms. The Bertz CT molecular complexity index is 395.